The van der Waals surface area contributed by atoms with Crippen molar-refractivity contribution in [1.29, 1.82) is 0 Å². The Kier molecular flexibility index (Phi) is 6.12. The van der Waals surface area contributed by atoms with Crippen molar-refractivity contribution < 1.29 is 0 Å². The van der Waals surface area contributed by atoms with Crippen LogP contribution in [0.5, 0.6) is 0 Å². The van der Waals surface area contributed by atoms with Crippen LogP contribution in [0.2, 0.25) is 0 Å². The van der Waals surface area contributed by atoms with Crippen LogP contribution >= 0.6 is 0 Å². The summed E-state index contributed by atoms with van der Waals surface area (Å²) in [5.74, 6) is 1.94. The van der Waals surface area contributed by atoms with Gasteiger partial charge in [-0.2, -0.15) is 0 Å². The van der Waals surface area contributed by atoms with E-state index >= 15 is 0 Å². The maximum atomic E-state index is 4.92. The van der Waals surface area contributed by atoms with E-state index < -0.39 is 0 Å². The first-order valence-corrected chi connectivity index (χ1v) is 14.3. The fraction of sp³-hybridized carbons (Fsp3) is 0.0263. The number of fused-ring (bicyclic) bond motifs is 3. The Labute approximate surface area is 249 Å². The van der Waals surface area contributed by atoms with Gasteiger partial charge in [0.15, 0.2) is 17.5 Å². The molecule has 5 heteroatoms. The van der Waals surface area contributed by atoms with Crippen LogP contribution in [0.3, 0.4) is 0 Å². The van der Waals surface area contributed by atoms with Crippen LogP contribution in [0.15, 0.2) is 140 Å². The summed E-state index contributed by atoms with van der Waals surface area (Å²) in [6.45, 7) is 0. The fourth-order valence-corrected chi connectivity index (χ4v) is 5.80. The summed E-state index contributed by atoms with van der Waals surface area (Å²) in [5, 5.41) is 0. The third kappa shape index (κ3) is 4.67. The summed E-state index contributed by atoms with van der Waals surface area (Å²) in [6, 6.07) is 41.3. The number of aromatic nitrogens is 5. The van der Waals surface area contributed by atoms with E-state index in [-0.39, 0.29) is 0 Å². The van der Waals surface area contributed by atoms with Gasteiger partial charge in [-0.25, -0.2) is 15.0 Å². The van der Waals surface area contributed by atoms with Crippen molar-refractivity contribution in [2.75, 3.05) is 0 Å². The van der Waals surface area contributed by atoms with Crippen molar-refractivity contribution >= 4 is 0 Å². The SMILES string of the molecule is c1ccc(-c2nc(-c3ccccc3)nc(-c3cccc(-c4cccc(-c5nccc6c5Cc5ccncc5-6)c4)c3)n2)cc1. The largest absolute Gasteiger partial charge is 0.264 e. The van der Waals surface area contributed by atoms with Gasteiger partial charge in [-0.1, -0.05) is 97.1 Å². The highest BCUT2D eigenvalue weighted by Crippen LogP contribution is 2.40. The van der Waals surface area contributed by atoms with Crippen molar-refractivity contribution in [3.63, 3.8) is 0 Å². The highest BCUT2D eigenvalue weighted by atomic mass is 15.0. The van der Waals surface area contributed by atoms with Gasteiger partial charge in [-0.05, 0) is 52.1 Å². The smallest absolute Gasteiger partial charge is 0.164 e. The molecule has 5 nitrogen and oxygen atoms in total. The first-order valence-electron chi connectivity index (χ1n) is 14.3. The Morgan fingerprint density at radius 3 is 1.67 bits per heavy atom. The van der Waals surface area contributed by atoms with Crippen LogP contribution in [0.1, 0.15) is 11.1 Å². The van der Waals surface area contributed by atoms with E-state index in [2.05, 4.69) is 65.6 Å². The van der Waals surface area contributed by atoms with Gasteiger partial charge in [-0.15, -0.1) is 0 Å². The summed E-state index contributed by atoms with van der Waals surface area (Å²) in [4.78, 5) is 23.9. The van der Waals surface area contributed by atoms with E-state index in [0.29, 0.717) is 17.5 Å². The molecule has 1 aliphatic rings. The minimum atomic E-state index is 0.639. The van der Waals surface area contributed by atoms with Crippen LogP contribution in [0, 0.1) is 0 Å². The molecule has 4 aromatic carbocycles. The quantitative estimate of drug-likeness (QED) is 0.214. The number of pyridine rings is 2. The van der Waals surface area contributed by atoms with Crippen molar-refractivity contribution in [3.8, 4) is 67.7 Å². The second kappa shape index (κ2) is 10.5. The summed E-state index contributed by atoms with van der Waals surface area (Å²) in [5.41, 5.74) is 12.1. The first kappa shape index (κ1) is 24.9. The van der Waals surface area contributed by atoms with Crippen molar-refractivity contribution in [1.82, 2.24) is 24.9 Å². The molecule has 0 unspecified atom stereocenters. The second-order valence-electron chi connectivity index (χ2n) is 10.6. The van der Waals surface area contributed by atoms with Crippen LogP contribution in [0.25, 0.3) is 67.7 Å². The molecule has 0 N–H and O–H groups in total. The highest BCUT2D eigenvalue weighted by molar-refractivity contribution is 5.84. The van der Waals surface area contributed by atoms with E-state index in [9.17, 15) is 0 Å². The topological polar surface area (TPSA) is 64.5 Å². The predicted octanol–water partition coefficient (Wildman–Crippen LogP) is 8.57. The molecule has 0 spiro atoms. The Balaban J connectivity index is 1.20. The van der Waals surface area contributed by atoms with Gasteiger partial charge in [0, 0.05) is 52.8 Å². The number of nitrogens with zero attached hydrogens (tertiary/aromatic N) is 5. The van der Waals surface area contributed by atoms with Gasteiger partial charge in [0.2, 0.25) is 0 Å². The minimum Gasteiger partial charge on any atom is -0.264 e. The molecular formula is C38H25N5. The lowest BCUT2D eigenvalue weighted by molar-refractivity contribution is 1.07. The summed E-state index contributed by atoms with van der Waals surface area (Å²) in [6.07, 6.45) is 6.59. The number of hydrogen-bond acceptors (Lipinski definition) is 5. The van der Waals surface area contributed by atoms with Crippen molar-refractivity contribution in [3.05, 3.63) is 151 Å². The van der Waals surface area contributed by atoms with Gasteiger partial charge in [-0.3, -0.25) is 9.97 Å². The lowest BCUT2D eigenvalue weighted by atomic mass is 9.97. The third-order valence-electron chi connectivity index (χ3n) is 7.91. The molecule has 0 radical (unpaired) electrons. The fourth-order valence-electron chi connectivity index (χ4n) is 5.80. The molecule has 7 aromatic rings. The minimum absolute atomic E-state index is 0.639. The molecule has 202 valence electrons. The molecule has 8 rings (SSSR count). The summed E-state index contributed by atoms with van der Waals surface area (Å²) < 4.78 is 0. The van der Waals surface area contributed by atoms with E-state index in [1.807, 2.05) is 79.3 Å². The van der Waals surface area contributed by atoms with E-state index in [0.717, 1.165) is 45.5 Å². The third-order valence-corrected chi connectivity index (χ3v) is 7.91. The lowest BCUT2D eigenvalue weighted by Gasteiger charge is -2.11. The van der Waals surface area contributed by atoms with Gasteiger partial charge in [0.1, 0.15) is 0 Å². The Hall–Kier alpha value is -5.81. The van der Waals surface area contributed by atoms with Crippen LogP contribution < -0.4 is 0 Å². The summed E-state index contributed by atoms with van der Waals surface area (Å²) >= 11 is 0. The first-order chi connectivity index (χ1) is 21.3. The average molecular weight is 552 g/mol. The molecular weight excluding hydrogens is 526 g/mol. The Morgan fingerprint density at radius 2 is 1.00 bits per heavy atom. The summed E-state index contributed by atoms with van der Waals surface area (Å²) in [7, 11) is 0. The van der Waals surface area contributed by atoms with Crippen LogP contribution in [-0.2, 0) is 6.42 Å². The zero-order chi connectivity index (χ0) is 28.6. The van der Waals surface area contributed by atoms with E-state index in [1.54, 1.807) is 0 Å². The van der Waals surface area contributed by atoms with Gasteiger partial charge >= 0.3 is 0 Å². The number of rotatable bonds is 5. The van der Waals surface area contributed by atoms with E-state index in [4.69, 9.17) is 19.9 Å². The molecule has 0 saturated carbocycles. The normalized spacial score (nSPS) is 11.6. The highest BCUT2D eigenvalue weighted by Gasteiger charge is 2.22. The molecule has 0 saturated heterocycles. The standard InChI is InChI=1S/C38H25N5/c1-3-9-25(10-4-1)36-41-37(26-11-5-2-6-12-26)43-38(42-36)31-16-8-14-28(22-31)27-13-7-15-30(21-27)35-33-23-29-17-19-39-24-34(29)32(33)18-20-40-35/h1-22,24H,23H2. The monoisotopic (exact) mass is 551 g/mol. The van der Waals surface area contributed by atoms with Crippen molar-refractivity contribution in [2.24, 2.45) is 0 Å². The van der Waals surface area contributed by atoms with Crippen LogP contribution in [0.4, 0.5) is 0 Å². The van der Waals surface area contributed by atoms with Crippen molar-refractivity contribution in [2.45, 2.75) is 6.42 Å². The van der Waals surface area contributed by atoms with Gasteiger partial charge in [0.05, 0.1) is 5.69 Å². The maximum Gasteiger partial charge on any atom is 0.164 e. The van der Waals surface area contributed by atoms with Gasteiger partial charge < -0.3 is 0 Å². The zero-order valence-electron chi connectivity index (χ0n) is 23.2. The number of benzene rings is 4. The molecule has 0 atom stereocenters. The molecule has 0 amide bonds. The predicted molar refractivity (Wildman–Crippen MR) is 171 cm³/mol. The Bertz CT molecular complexity index is 2050. The second-order valence-corrected chi connectivity index (χ2v) is 10.6. The molecule has 0 bridgehead atoms. The molecule has 3 aromatic heterocycles. The van der Waals surface area contributed by atoms with Crippen LogP contribution in [-0.4, -0.2) is 24.9 Å². The molecule has 0 aliphatic heterocycles. The number of hydrogen-bond donors (Lipinski definition) is 0. The molecule has 43 heavy (non-hydrogen) atoms. The molecule has 1 aliphatic carbocycles. The lowest BCUT2D eigenvalue weighted by Crippen LogP contribution is -2.00. The Morgan fingerprint density at radius 1 is 0.442 bits per heavy atom. The average Bonchev–Trinajstić information content (AvgIpc) is 3.48. The molecule has 3 heterocycles. The van der Waals surface area contributed by atoms with E-state index in [1.165, 1.54) is 22.3 Å². The van der Waals surface area contributed by atoms with Gasteiger partial charge in [0.25, 0.3) is 0 Å². The zero-order valence-corrected chi connectivity index (χ0v) is 23.2. The molecule has 0 fully saturated rings. The maximum absolute atomic E-state index is 4.92.